The molecule has 0 saturated heterocycles. The van der Waals surface area contributed by atoms with E-state index in [4.69, 9.17) is 5.14 Å². The highest BCUT2D eigenvalue weighted by Crippen LogP contribution is 2.50. The van der Waals surface area contributed by atoms with Crippen molar-refractivity contribution in [3.63, 3.8) is 0 Å². The van der Waals surface area contributed by atoms with E-state index < -0.39 is 45.3 Å². The van der Waals surface area contributed by atoms with Crippen molar-refractivity contribution in [1.29, 1.82) is 0 Å². The molecular formula is C13H15F3N2O3S. The molecule has 2 atom stereocenters. The second-order valence-electron chi connectivity index (χ2n) is 5.19. The zero-order chi connectivity index (χ0) is 16.5. The summed E-state index contributed by atoms with van der Waals surface area (Å²) in [6.45, 7) is -0.151. The predicted octanol–water partition coefficient (Wildman–Crippen LogP) is 1.21. The minimum Gasteiger partial charge on any atom is -0.355 e. The standard InChI is InChI=1S/C13H15F3N2O3S/c14-13(15,16)11-4-2-1-3-8(11)9-7-10(9)12(19)18-5-6-22(17,20)21/h1-4,9-10H,5-7H2,(H,18,19)(H2,17,20,21). The molecule has 1 saturated carbocycles. The average molecular weight is 336 g/mol. The molecule has 1 aromatic rings. The van der Waals surface area contributed by atoms with Crippen molar-refractivity contribution in [1.82, 2.24) is 5.32 Å². The Balaban J connectivity index is 2.00. The first-order valence-electron chi connectivity index (χ1n) is 6.54. The van der Waals surface area contributed by atoms with Gasteiger partial charge in [0.25, 0.3) is 0 Å². The number of hydrogen-bond acceptors (Lipinski definition) is 3. The van der Waals surface area contributed by atoms with Gasteiger partial charge in [0.2, 0.25) is 15.9 Å². The van der Waals surface area contributed by atoms with E-state index in [1.54, 1.807) is 0 Å². The van der Waals surface area contributed by atoms with Crippen LogP contribution < -0.4 is 10.5 Å². The second kappa shape index (κ2) is 5.88. The van der Waals surface area contributed by atoms with E-state index in [0.29, 0.717) is 6.42 Å². The van der Waals surface area contributed by atoms with E-state index in [1.165, 1.54) is 18.2 Å². The van der Waals surface area contributed by atoms with Gasteiger partial charge in [-0.15, -0.1) is 0 Å². The molecule has 0 spiro atoms. The van der Waals surface area contributed by atoms with Crippen LogP contribution in [0.15, 0.2) is 24.3 Å². The predicted molar refractivity (Wildman–Crippen MR) is 73.3 cm³/mol. The van der Waals surface area contributed by atoms with E-state index in [0.717, 1.165) is 6.07 Å². The van der Waals surface area contributed by atoms with Gasteiger partial charge in [-0.25, -0.2) is 13.6 Å². The maximum atomic E-state index is 12.9. The summed E-state index contributed by atoms with van der Waals surface area (Å²) in [5.74, 6) is -1.92. The molecule has 1 fully saturated rings. The number of sulfonamides is 1. The van der Waals surface area contributed by atoms with Crippen LogP contribution in [0.5, 0.6) is 0 Å². The number of carbonyl (C=O) groups is 1. The fourth-order valence-corrected chi connectivity index (χ4v) is 2.74. The zero-order valence-corrected chi connectivity index (χ0v) is 12.2. The molecule has 1 aliphatic carbocycles. The number of nitrogens with one attached hydrogen (secondary N) is 1. The number of primary sulfonamides is 1. The van der Waals surface area contributed by atoms with Gasteiger partial charge in [-0.05, 0) is 24.0 Å². The quantitative estimate of drug-likeness (QED) is 0.847. The van der Waals surface area contributed by atoms with Crippen LogP contribution in [0.25, 0.3) is 0 Å². The largest absolute Gasteiger partial charge is 0.416 e. The van der Waals surface area contributed by atoms with Gasteiger partial charge in [0.1, 0.15) is 0 Å². The first kappa shape index (κ1) is 16.8. The van der Waals surface area contributed by atoms with Gasteiger partial charge in [-0.1, -0.05) is 18.2 Å². The lowest BCUT2D eigenvalue weighted by molar-refractivity contribution is -0.138. The Bertz CT molecular complexity index is 673. The van der Waals surface area contributed by atoms with Crippen LogP contribution >= 0.6 is 0 Å². The maximum absolute atomic E-state index is 12.9. The number of hydrogen-bond donors (Lipinski definition) is 2. The first-order chi connectivity index (χ1) is 10.1. The van der Waals surface area contributed by atoms with E-state index in [-0.39, 0.29) is 12.1 Å². The monoisotopic (exact) mass is 336 g/mol. The van der Waals surface area contributed by atoms with Crippen LogP contribution in [-0.2, 0) is 21.0 Å². The lowest BCUT2D eigenvalue weighted by Crippen LogP contribution is -2.32. The molecule has 9 heteroatoms. The highest BCUT2D eigenvalue weighted by atomic mass is 32.2. The van der Waals surface area contributed by atoms with Crippen molar-refractivity contribution in [3.05, 3.63) is 35.4 Å². The van der Waals surface area contributed by atoms with Crippen LogP contribution in [0.1, 0.15) is 23.5 Å². The van der Waals surface area contributed by atoms with E-state index in [1.807, 2.05) is 0 Å². The normalized spacial score (nSPS) is 21.5. The first-order valence-corrected chi connectivity index (χ1v) is 8.25. The Hall–Kier alpha value is -1.61. The van der Waals surface area contributed by atoms with Crippen molar-refractivity contribution in [2.75, 3.05) is 12.3 Å². The topological polar surface area (TPSA) is 89.3 Å². The van der Waals surface area contributed by atoms with Crippen LogP contribution in [0.2, 0.25) is 0 Å². The van der Waals surface area contributed by atoms with Gasteiger partial charge in [0.05, 0.1) is 11.3 Å². The number of halogens is 3. The van der Waals surface area contributed by atoms with E-state index in [2.05, 4.69) is 5.32 Å². The van der Waals surface area contributed by atoms with Crippen molar-refractivity contribution in [3.8, 4) is 0 Å². The van der Waals surface area contributed by atoms with Gasteiger partial charge >= 0.3 is 6.18 Å². The fourth-order valence-electron chi connectivity index (χ4n) is 2.35. The summed E-state index contributed by atoms with van der Waals surface area (Å²) in [5.41, 5.74) is -0.638. The molecule has 0 bridgehead atoms. The van der Waals surface area contributed by atoms with Crippen molar-refractivity contribution < 1.29 is 26.4 Å². The molecule has 5 nitrogen and oxygen atoms in total. The van der Waals surface area contributed by atoms with E-state index in [9.17, 15) is 26.4 Å². The Labute approximate surface area is 125 Å². The molecule has 1 aliphatic rings. The lowest BCUT2D eigenvalue weighted by atomic mass is 10.0. The number of amides is 1. The summed E-state index contributed by atoms with van der Waals surface area (Å²) in [7, 11) is -3.68. The van der Waals surface area contributed by atoms with Gasteiger partial charge < -0.3 is 5.32 Å². The van der Waals surface area contributed by atoms with Crippen molar-refractivity contribution in [2.24, 2.45) is 11.1 Å². The van der Waals surface area contributed by atoms with Gasteiger partial charge in [-0.3, -0.25) is 4.79 Å². The molecule has 0 aromatic heterocycles. The molecule has 122 valence electrons. The minimum atomic E-state index is -4.46. The van der Waals surface area contributed by atoms with E-state index >= 15 is 0 Å². The van der Waals surface area contributed by atoms with Crippen LogP contribution in [0, 0.1) is 5.92 Å². The van der Waals surface area contributed by atoms with Gasteiger partial charge in [0.15, 0.2) is 0 Å². The number of nitrogens with two attached hydrogens (primary N) is 1. The molecule has 1 aromatic carbocycles. The van der Waals surface area contributed by atoms with Crippen LogP contribution in [-0.4, -0.2) is 26.6 Å². The summed E-state index contributed by atoms with van der Waals surface area (Å²) < 4.78 is 60.2. The average Bonchev–Trinajstić information content (AvgIpc) is 3.16. The lowest BCUT2D eigenvalue weighted by Gasteiger charge is -2.12. The van der Waals surface area contributed by atoms with Gasteiger partial charge in [-0.2, -0.15) is 13.2 Å². The highest BCUT2D eigenvalue weighted by Gasteiger charge is 2.47. The Morgan fingerprint density at radius 3 is 2.55 bits per heavy atom. The zero-order valence-electron chi connectivity index (χ0n) is 11.4. The molecular weight excluding hydrogens is 321 g/mol. The van der Waals surface area contributed by atoms with Crippen molar-refractivity contribution in [2.45, 2.75) is 18.5 Å². The summed E-state index contributed by atoms with van der Waals surface area (Å²) >= 11 is 0. The van der Waals surface area contributed by atoms with Crippen molar-refractivity contribution >= 4 is 15.9 Å². The number of alkyl halides is 3. The molecule has 2 unspecified atom stereocenters. The smallest absolute Gasteiger partial charge is 0.355 e. The molecule has 0 aliphatic heterocycles. The van der Waals surface area contributed by atoms with Crippen LogP contribution in [0.3, 0.4) is 0 Å². The minimum absolute atomic E-state index is 0.0987. The molecule has 0 heterocycles. The molecule has 1 amide bonds. The summed E-state index contributed by atoms with van der Waals surface area (Å²) in [4.78, 5) is 11.8. The Morgan fingerprint density at radius 1 is 1.32 bits per heavy atom. The van der Waals surface area contributed by atoms with Crippen LogP contribution in [0.4, 0.5) is 13.2 Å². The fraction of sp³-hybridized carbons (Fsp3) is 0.462. The Morgan fingerprint density at radius 2 is 1.95 bits per heavy atom. The number of rotatable bonds is 5. The third-order valence-corrected chi connectivity index (χ3v) is 4.25. The molecule has 22 heavy (non-hydrogen) atoms. The third-order valence-electron chi connectivity index (χ3n) is 3.48. The summed E-state index contributed by atoms with van der Waals surface area (Å²) in [5, 5.41) is 7.18. The maximum Gasteiger partial charge on any atom is 0.416 e. The second-order valence-corrected chi connectivity index (χ2v) is 6.93. The highest BCUT2D eigenvalue weighted by molar-refractivity contribution is 7.89. The summed E-state index contributed by atoms with van der Waals surface area (Å²) in [6, 6.07) is 5.16. The SMILES string of the molecule is NS(=O)(=O)CCNC(=O)C1CC1c1ccccc1C(F)(F)F. The molecule has 0 radical (unpaired) electrons. The summed E-state index contributed by atoms with van der Waals surface area (Å²) in [6.07, 6.45) is -4.15. The Kier molecular flexibility index (Phi) is 4.48. The molecule has 2 rings (SSSR count). The van der Waals surface area contributed by atoms with Gasteiger partial charge in [0, 0.05) is 12.5 Å². The third kappa shape index (κ3) is 4.20. The number of carbonyl (C=O) groups excluding carboxylic acids is 1. The number of benzene rings is 1. The molecule has 3 N–H and O–H groups in total.